The first-order valence-corrected chi connectivity index (χ1v) is 8.06. The Hall–Kier alpha value is -2.86. The summed E-state index contributed by atoms with van der Waals surface area (Å²) >= 11 is 0. The van der Waals surface area contributed by atoms with E-state index < -0.39 is 0 Å². The van der Waals surface area contributed by atoms with Crippen LogP contribution in [0.4, 0.5) is 0 Å². The topological polar surface area (TPSA) is 73.6 Å². The highest BCUT2D eigenvalue weighted by atomic mass is 16.5. The molecule has 0 radical (unpaired) electrons. The van der Waals surface area contributed by atoms with Crippen molar-refractivity contribution in [2.24, 2.45) is 0 Å². The summed E-state index contributed by atoms with van der Waals surface area (Å²) in [6.07, 6.45) is 0.290. The van der Waals surface area contributed by atoms with Crippen LogP contribution in [0.25, 0.3) is 11.1 Å². The molecule has 6 heteroatoms. The van der Waals surface area contributed by atoms with Gasteiger partial charge in [-0.25, -0.2) is 4.98 Å². The van der Waals surface area contributed by atoms with Crippen molar-refractivity contribution >= 4 is 17.0 Å². The summed E-state index contributed by atoms with van der Waals surface area (Å²) in [5.74, 6) is 1.17. The van der Waals surface area contributed by atoms with Gasteiger partial charge >= 0.3 is 0 Å². The van der Waals surface area contributed by atoms with Gasteiger partial charge in [-0.1, -0.05) is 24.3 Å². The maximum absolute atomic E-state index is 12.1. The Morgan fingerprint density at radius 1 is 1.12 bits per heavy atom. The normalized spacial score (nSPS) is 10.8. The van der Waals surface area contributed by atoms with Crippen molar-refractivity contribution < 1.29 is 18.7 Å². The molecule has 0 aliphatic heterocycles. The van der Waals surface area contributed by atoms with Crippen molar-refractivity contribution in [2.75, 3.05) is 20.3 Å². The zero-order valence-corrected chi connectivity index (χ0v) is 14.0. The smallest absolute Gasteiger partial charge is 0.224 e. The Bertz CT molecular complexity index is 794. The summed E-state index contributed by atoms with van der Waals surface area (Å²) in [5, 5.41) is 2.82. The predicted octanol–water partition coefficient (Wildman–Crippen LogP) is 2.71. The molecule has 6 nitrogen and oxygen atoms in total. The van der Waals surface area contributed by atoms with Crippen LogP contribution in [0, 0.1) is 0 Å². The molecule has 25 heavy (non-hydrogen) atoms. The van der Waals surface area contributed by atoms with Gasteiger partial charge in [-0.05, 0) is 29.8 Å². The highest BCUT2D eigenvalue weighted by molar-refractivity contribution is 5.78. The summed E-state index contributed by atoms with van der Waals surface area (Å²) in [4.78, 5) is 16.4. The molecule has 0 atom stereocenters. The van der Waals surface area contributed by atoms with Gasteiger partial charge in [0.15, 0.2) is 5.58 Å². The number of amides is 1. The third-order valence-corrected chi connectivity index (χ3v) is 3.62. The van der Waals surface area contributed by atoms with Gasteiger partial charge in [-0.2, -0.15) is 0 Å². The van der Waals surface area contributed by atoms with Crippen LogP contribution in [0.1, 0.15) is 11.5 Å². The van der Waals surface area contributed by atoms with Gasteiger partial charge in [0, 0.05) is 7.11 Å². The van der Waals surface area contributed by atoms with E-state index >= 15 is 0 Å². The van der Waals surface area contributed by atoms with Crippen molar-refractivity contribution in [3.05, 3.63) is 60.0 Å². The molecule has 1 aromatic heterocycles. The average Bonchev–Trinajstić information content (AvgIpc) is 3.05. The number of para-hydroxylation sites is 2. The van der Waals surface area contributed by atoms with E-state index in [0.717, 1.165) is 22.4 Å². The van der Waals surface area contributed by atoms with Crippen LogP contribution in [0.3, 0.4) is 0 Å². The molecule has 0 spiro atoms. The van der Waals surface area contributed by atoms with Crippen LogP contribution in [0.15, 0.2) is 52.9 Å². The molecule has 0 saturated carbocycles. The van der Waals surface area contributed by atoms with Crippen molar-refractivity contribution in [1.82, 2.24) is 10.3 Å². The SMILES string of the molecule is COCCOc1ccc(CC(=O)NCc2nc3ccccc3o2)cc1. The maximum atomic E-state index is 12.1. The van der Waals surface area contributed by atoms with E-state index in [1.807, 2.05) is 48.5 Å². The van der Waals surface area contributed by atoms with Gasteiger partial charge in [0.2, 0.25) is 11.8 Å². The number of nitrogens with one attached hydrogen (secondary N) is 1. The lowest BCUT2D eigenvalue weighted by Gasteiger charge is -2.07. The fourth-order valence-electron chi connectivity index (χ4n) is 2.36. The minimum atomic E-state index is -0.0877. The van der Waals surface area contributed by atoms with Crippen LogP contribution >= 0.6 is 0 Å². The average molecular weight is 340 g/mol. The quantitative estimate of drug-likeness (QED) is 0.638. The van der Waals surface area contributed by atoms with Crippen LogP contribution in [0.2, 0.25) is 0 Å². The molecule has 0 fully saturated rings. The molecule has 1 heterocycles. The number of ether oxygens (including phenoxy) is 2. The second-order valence-electron chi connectivity index (χ2n) is 5.51. The Morgan fingerprint density at radius 3 is 2.68 bits per heavy atom. The molecule has 130 valence electrons. The van der Waals surface area contributed by atoms with Crippen LogP contribution in [-0.2, 0) is 22.5 Å². The Balaban J connectivity index is 1.48. The van der Waals surface area contributed by atoms with Crippen molar-refractivity contribution in [3.8, 4) is 5.75 Å². The second-order valence-corrected chi connectivity index (χ2v) is 5.51. The summed E-state index contributed by atoms with van der Waals surface area (Å²) in [5.41, 5.74) is 2.42. The number of rotatable bonds is 8. The number of aromatic nitrogens is 1. The third kappa shape index (κ3) is 4.81. The number of hydrogen-bond acceptors (Lipinski definition) is 5. The van der Waals surface area contributed by atoms with E-state index in [4.69, 9.17) is 13.9 Å². The lowest BCUT2D eigenvalue weighted by atomic mass is 10.1. The van der Waals surface area contributed by atoms with Crippen molar-refractivity contribution in [1.29, 1.82) is 0 Å². The van der Waals surface area contributed by atoms with Gasteiger partial charge in [-0.3, -0.25) is 4.79 Å². The Morgan fingerprint density at radius 2 is 1.92 bits per heavy atom. The van der Waals surface area contributed by atoms with Gasteiger partial charge < -0.3 is 19.2 Å². The molecular formula is C19H20N2O4. The fourth-order valence-corrected chi connectivity index (χ4v) is 2.36. The number of nitrogens with zero attached hydrogens (tertiary/aromatic N) is 1. The molecule has 3 aromatic rings. The molecule has 0 unspecified atom stereocenters. The zero-order valence-electron chi connectivity index (χ0n) is 14.0. The number of carbonyl (C=O) groups is 1. The highest BCUT2D eigenvalue weighted by Gasteiger charge is 2.08. The number of benzene rings is 2. The molecule has 2 aromatic carbocycles. The van der Waals surface area contributed by atoms with E-state index in [0.29, 0.717) is 25.5 Å². The predicted molar refractivity (Wildman–Crippen MR) is 93.4 cm³/mol. The molecule has 3 rings (SSSR count). The first-order chi connectivity index (χ1) is 12.2. The minimum Gasteiger partial charge on any atom is -0.491 e. The van der Waals surface area contributed by atoms with E-state index in [1.165, 1.54) is 0 Å². The van der Waals surface area contributed by atoms with Crippen molar-refractivity contribution in [3.63, 3.8) is 0 Å². The van der Waals surface area contributed by atoms with Gasteiger partial charge in [0.25, 0.3) is 0 Å². The second kappa shape index (κ2) is 8.30. The lowest BCUT2D eigenvalue weighted by molar-refractivity contribution is -0.120. The largest absolute Gasteiger partial charge is 0.491 e. The summed E-state index contributed by atoms with van der Waals surface area (Å²) in [6.45, 7) is 1.31. The molecule has 0 aliphatic carbocycles. The van der Waals surface area contributed by atoms with E-state index in [9.17, 15) is 4.79 Å². The summed E-state index contributed by atoms with van der Waals surface area (Å²) < 4.78 is 16.0. The highest BCUT2D eigenvalue weighted by Crippen LogP contribution is 2.15. The lowest BCUT2D eigenvalue weighted by Crippen LogP contribution is -2.24. The molecule has 1 N–H and O–H groups in total. The first-order valence-electron chi connectivity index (χ1n) is 8.06. The molecular weight excluding hydrogens is 320 g/mol. The maximum Gasteiger partial charge on any atom is 0.224 e. The minimum absolute atomic E-state index is 0.0877. The Labute approximate surface area is 145 Å². The number of carbonyl (C=O) groups excluding carboxylic acids is 1. The van der Waals surface area contributed by atoms with Gasteiger partial charge in [0.05, 0.1) is 19.6 Å². The number of oxazole rings is 1. The van der Waals surface area contributed by atoms with Gasteiger partial charge in [0.1, 0.15) is 17.9 Å². The van der Waals surface area contributed by atoms with E-state index in [-0.39, 0.29) is 12.5 Å². The van der Waals surface area contributed by atoms with Crippen LogP contribution < -0.4 is 10.1 Å². The van der Waals surface area contributed by atoms with E-state index in [1.54, 1.807) is 7.11 Å². The summed E-state index contributed by atoms with van der Waals surface area (Å²) in [6, 6.07) is 15.0. The fraction of sp³-hybridized carbons (Fsp3) is 0.263. The zero-order chi connectivity index (χ0) is 17.5. The monoisotopic (exact) mass is 340 g/mol. The third-order valence-electron chi connectivity index (χ3n) is 3.62. The molecule has 0 aliphatic rings. The molecule has 0 saturated heterocycles. The molecule has 0 bridgehead atoms. The standard InChI is InChI=1S/C19H20N2O4/c1-23-10-11-24-15-8-6-14(7-9-15)12-18(22)20-13-19-21-16-4-2-3-5-17(16)25-19/h2-9H,10-13H2,1H3,(H,20,22). The first kappa shape index (κ1) is 17.0. The van der Waals surface area contributed by atoms with Crippen LogP contribution in [-0.4, -0.2) is 31.2 Å². The molecule has 1 amide bonds. The summed E-state index contributed by atoms with van der Waals surface area (Å²) in [7, 11) is 1.63. The van der Waals surface area contributed by atoms with Crippen molar-refractivity contribution in [2.45, 2.75) is 13.0 Å². The van der Waals surface area contributed by atoms with Gasteiger partial charge in [-0.15, -0.1) is 0 Å². The Kier molecular flexibility index (Phi) is 5.64. The number of methoxy groups -OCH3 is 1. The number of fused-ring (bicyclic) bond motifs is 1. The van der Waals surface area contributed by atoms with E-state index in [2.05, 4.69) is 10.3 Å². The van der Waals surface area contributed by atoms with Crippen LogP contribution in [0.5, 0.6) is 5.75 Å². The number of hydrogen-bond donors (Lipinski definition) is 1.